The molecule has 3 aromatic rings. The third-order valence-corrected chi connectivity index (χ3v) is 4.39. The van der Waals surface area contributed by atoms with Gasteiger partial charge in [0.2, 0.25) is 0 Å². The van der Waals surface area contributed by atoms with E-state index in [9.17, 15) is 4.79 Å². The number of allylic oxidation sites excluding steroid dienone is 1. The summed E-state index contributed by atoms with van der Waals surface area (Å²) in [5.41, 5.74) is 3.22. The van der Waals surface area contributed by atoms with Crippen molar-refractivity contribution < 1.29 is 9.53 Å². The highest BCUT2D eigenvalue weighted by atomic mass is 32.1. The second-order valence-corrected chi connectivity index (χ2v) is 5.98. The SMILES string of the molecule is COc1cccc(-c2ccc(/C=C/C(=O)c3cccs3)cc2)c1. The van der Waals surface area contributed by atoms with E-state index in [1.807, 2.05) is 72.1 Å². The molecule has 1 aromatic heterocycles. The number of rotatable bonds is 5. The van der Waals surface area contributed by atoms with Crippen molar-refractivity contribution in [1.82, 2.24) is 0 Å². The van der Waals surface area contributed by atoms with Crippen LogP contribution in [0.2, 0.25) is 0 Å². The van der Waals surface area contributed by atoms with Crippen molar-refractivity contribution in [1.29, 1.82) is 0 Å². The van der Waals surface area contributed by atoms with Crippen LogP contribution in [0.4, 0.5) is 0 Å². The van der Waals surface area contributed by atoms with E-state index in [0.717, 1.165) is 27.3 Å². The van der Waals surface area contributed by atoms with Gasteiger partial charge >= 0.3 is 0 Å². The zero-order valence-corrected chi connectivity index (χ0v) is 13.5. The molecule has 0 saturated heterocycles. The number of benzene rings is 2. The number of carbonyl (C=O) groups is 1. The molecule has 0 radical (unpaired) electrons. The zero-order valence-electron chi connectivity index (χ0n) is 12.7. The predicted octanol–water partition coefficient (Wildman–Crippen LogP) is 5.32. The standard InChI is InChI=1S/C20H16O2S/c1-22-18-5-2-4-17(14-18)16-10-7-15(8-11-16)9-12-19(21)20-6-3-13-23-20/h2-14H,1H3/b12-9+. The lowest BCUT2D eigenvalue weighted by atomic mass is 10.0. The van der Waals surface area contributed by atoms with Gasteiger partial charge in [-0.2, -0.15) is 0 Å². The van der Waals surface area contributed by atoms with Crippen LogP contribution in [0, 0.1) is 0 Å². The molecule has 0 atom stereocenters. The third kappa shape index (κ3) is 3.76. The van der Waals surface area contributed by atoms with Gasteiger partial charge in [0.05, 0.1) is 12.0 Å². The molecule has 0 spiro atoms. The minimum absolute atomic E-state index is 0.0388. The van der Waals surface area contributed by atoms with E-state index in [0.29, 0.717) is 0 Å². The van der Waals surface area contributed by atoms with Gasteiger partial charge in [-0.15, -0.1) is 11.3 Å². The third-order valence-electron chi connectivity index (χ3n) is 3.50. The molecule has 0 amide bonds. The first-order chi connectivity index (χ1) is 11.3. The first kappa shape index (κ1) is 15.3. The Balaban J connectivity index is 1.75. The van der Waals surface area contributed by atoms with Gasteiger partial charge in [0.25, 0.3) is 0 Å². The summed E-state index contributed by atoms with van der Waals surface area (Å²) in [5, 5.41) is 1.91. The summed E-state index contributed by atoms with van der Waals surface area (Å²) in [5.74, 6) is 0.880. The summed E-state index contributed by atoms with van der Waals surface area (Å²) in [6, 6.07) is 19.8. The van der Waals surface area contributed by atoms with Gasteiger partial charge in [-0.25, -0.2) is 0 Å². The minimum atomic E-state index is 0.0388. The zero-order chi connectivity index (χ0) is 16.1. The van der Waals surface area contributed by atoms with Gasteiger partial charge in [0.1, 0.15) is 5.75 Å². The molecule has 0 N–H and O–H groups in total. The fourth-order valence-corrected chi connectivity index (χ4v) is 2.91. The number of ether oxygens (including phenoxy) is 1. The van der Waals surface area contributed by atoms with E-state index in [1.165, 1.54) is 11.3 Å². The van der Waals surface area contributed by atoms with E-state index in [-0.39, 0.29) is 5.78 Å². The van der Waals surface area contributed by atoms with Crippen molar-refractivity contribution in [3.8, 4) is 16.9 Å². The maximum Gasteiger partial charge on any atom is 0.195 e. The van der Waals surface area contributed by atoms with Crippen molar-refractivity contribution in [2.24, 2.45) is 0 Å². The molecule has 3 heteroatoms. The van der Waals surface area contributed by atoms with Crippen LogP contribution in [0.15, 0.2) is 72.1 Å². The van der Waals surface area contributed by atoms with Crippen LogP contribution in [0.3, 0.4) is 0 Å². The van der Waals surface area contributed by atoms with Gasteiger partial charge in [0, 0.05) is 0 Å². The highest BCUT2D eigenvalue weighted by Gasteiger charge is 2.02. The number of ketones is 1. The van der Waals surface area contributed by atoms with Crippen LogP contribution in [0.5, 0.6) is 5.75 Å². The van der Waals surface area contributed by atoms with Crippen molar-refractivity contribution in [3.05, 3.63) is 82.6 Å². The highest BCUT2D eigenvalue weighted by Crippen LogP contribution is 2.24. The van der Waals surface area contributed by atoms with Crippen LogP contribution in [-0.2, 0) is 0 Å². The molecular weight excluding hydrogens is 304 g/mol. The average molecular weight is 320 g/mol. The number of hydrogen-bond donors (Lipinski definition) is 0. The monoisotopic (exact) mass is 320 g/mol. The summed E-state index contributed by atoms with van der Waals surface area (Å²) in [7, 11) is 1.66. The molecule has 23 heavy (non-hydrogen) atoms. The summed E-state index contributed by atoms with van der Waals surface area (Å²) in [6.07, 6.45) is 3.46. The Morgan fingerprint density at radius 2 is 1.83 bits per heavy atom. The molecular formula is C20H16O2S. The van der Waals surface area contributed by atoms with E-state index in [1.54, 1.807) is 13.2 Å². The second kappa shape index (κ2) is 7.07. The van der Waals surface area contributed by atoms with Crippen LogP contribution in [0.25, 0.3) is 17.2 Å². The summed E-state index contributed by atoms with van der Waals surface area (Å²) in [4.78, 5) is 12.7. The summed E-state index contributed by atoms with van der Waals surface area (Å²) < 4.78 is 5.25. The Kier molecular flexibility index (Phi) is 4.69. The molecule has 0 saturated carbocycles. The lowest BCUT2D eigenvalue weighted by Gasteiger charge is -2.05. The van der Waals surface area contributed by atoms with E-state index in [4.69, 9.17) is 4.74 Å². The highest BCUT2D eigenvalue weighted by molar-refractivity contribution is 7.12. The lowest BCUT2D eigenvalue weighted by Crippen LogP contribution is -1.88. The van der Waals surface area contributed by atoms with Gasteiger partial charge in [-0.05, 0) is 46.3 Å². The van der Waals surface area contributed by atoms with Crippen LogP contribution >= 0.6 is 11.3 Å². The summed E-state index contributed by atoms with van der Waals surface area (Å²) >= 11 is 1.46. The second-order valence-electron chi connectivity index (χ2n) is 5.03. The van der Waals surface area contributed by atoms with E-state index in [2.05, 4.69) is 0 Å². The van der Waals surface area contributed by atoms with Crippen molar-refractivity contribution >= 4 is 23.2 Å². The Morgan fingerprint density at radius 3 is 2.52 bits per heavy atom. The van der Waals surface area contributed by atoms with E-state index < -0.39 is 0 Å². The maximum atomic E-state index is 11.9. The topological polar surface area (TPSA) is 26.3 Å². The number of carbonyl (C=O) groups excluding carboxylic acids is 1. The summed E-state index contributed by atoms with van der Waals surface area (Å²) in [6.45, 7) is 0. The molecule has 3 rings (SSSR count). The first-order valence-corrected chi connectivity index (χ1v) is 8.14. The molecule has 0 unspecified atom stereocenters. The Morgan fingerprint density at radius 1 is 1.00 bits per heavy atom. The largest absolute Gasteiger partial charge is 0.497 e. The fourth-order valence-electron chi connectivity index (χ4n) is 2.26. The van der Waals surface area contributed by atoms with Crippen LogP contribution < -0.4 is 4.74 Å². The molecule has 1 heterocycles. The van der Waals surface area contributed by atoms with Gasteiger partial charge in [-0.1, -0.05) is 48.5 Å². The van der Waals surface area contributed by atoms with Crippen molar-refractivity contribution in [3.63, 3.8) is 0 Å². The molecule has 0 aliphatic rings. The lowest BCUT2D eigenvalue weighted by molar-refractivity contribution is 0.105. The smallest absolute Gasteiger partial charge is 0.195 e. The first-order valence-electron chi connectivity index (χ1n) is 7.27. The Hall–Kier alpha value is -2.65. The minimum Gasteiger partial charge on any atom is -0.497 e. The van der Waals surface area contributed by atoms with Gasteiger partial charge in [-0.3, -0.25) is 4.79 Å². The molecule has 2 aromatic carbocycles. The molecule has 0 aliphatic carbocycles. The van der Waals surface area contributed by atoms with Crippen molar-refractivity contribution in [2.75, 3.05) is 7.11 Å². The number of thiophene rings is 1. The van der Waals surface area contributed by atoms with Gasteiger partial charge < -0.3 is 4.74 Å². The average Bonchev–Trinajstić information content (AvgIpc) is 3.15. The normalized spacial score (nSPS) is 10.8. The van der Waals surface area contributed by atoms with Gasteiger partial charge in [0.15, 0.2) is 5.78 Å². The van der Waals surface area contributed by atoms with Crippen molar-refractivity contribution in [2.45, 2.75) is 0 Å². The fraction of sp³-hybridized carbons (Fsp3) is 0.0500. The molecule has 114 valence electrons. The Labute approximate surface area is 139 Å². The quantitative estimate of drug-likeness (QED) is 0.470. The molecule has 0 aliphatic heterocycles. The van der Waals surface area contributed by atoms with Crippen LogP contribution in [-0.4, -0.2) is 12.9 Å². The predicted molar refractivity (Wildman–Crippen MR) is 96.1 cm³/mol. The molecule has 0 fully saturated rings. The van der Waals surface area contributed by atoms with E-state index >= 15 is 0 Å². The number of hydrogen-bond acceptors (Lipinski definition) is 3. The maximum absolute atomic E-state index is 11.9. The van der Waals surface area contributed by atoms with Crippen LogP contribution in [0.1, 0.15) is 15.2 Å². The molecule has 0 bridgehead atoms. The Bertz CT molecular complexity index is 815. The number of methoxy groups -OCH3 is 1. The molecule has 2 nitrogen and oxygen atoms in total.